The van der Waals surface area contributed by atoms with E-state index in [0.29, 0.717) is 5.41 Å². The largest absolute Gasteiger partial charge is 0.310 e. The van der Waals surface area contributed by atoms with Crippen LogP contribution in [0.5, 0.6) is 0 Å². The molecule has 74 heavy (non-hydrogen) atoms. The molecular formula is C72H72N2. The van der Waals surface area contributed by atoms with Crippen LogP contribution in [0.1, 0.15) is 102 Å². The zero-order valence-electron chi connectivity index (χ0n) is 45.6. The lowest BCUT2D eigenvalue weighted by atomic mass is 9.81. The van der Waals surface area contributed by atoms with Crippen LogP contribution in [0.25, 0.3) is 71.6 Å². The number of benzene rings is 9. The number of hydrogen-bond acceptors (Lipinski definition) is 1. The maximum atomic E-state index is 2.52. The molecule has 1 aromatic heterocycles. The summed E-state index contributed by atoms with van der Waals surface area (Å²) in [5, 5.41) is 5.11. The summed E-state index contributed by atoms with van der Waals surface area (Å²) >= 11 is 0. The van der Waals surface area contributed by atoms with Crippen molar-refractivity contribution in [1.29, 1.82) is 0 Å². The van der Waals surface area contributed by atoms with E-state index in [4.69, 9.17) is 0 Å². The molecule has 2 heteroatoms. The van der Waals surface area contributed by atoms with Crippen LogP contribution in [-0.4, -0.2) is 4.57 Å². The highest BCUT2D eigenvalue weighted by Crippen LogP contribution is 2.55. The zero-order chi connectivity index (χ0) is 51.9. The van der Waals surface area contributed by atoms with Gasteiger partial charge in [0.05, 0.1) is 16.7 Å². The Morgan fingerprint density at radius 3 is 1.68 bits per heavy atom. The van der Waals surface area contributed by atoms with E-state index in [2.05, 4.69) is 272 Å². The van der Waals surface area contributed by atoms with Gasteiger partial charge in [-0.1, -0.05) is 213 Å². The van der Waals surface area contributed by atoms with Crippen LogP contribution in [0.15, 0.2) is 206 Å². The number of nitrogens with zero attached hydrogens (tertiary/aromatic N) is 2. The molecule has 0 radical (unpaired) electrons. The van der Waals surface area contributed by atoms with Crippen molar-refractivity contribution in [2.75, 3.05) is 4.90 Å². The fraction of sp³-hybridized carbons (Fsp3) is 0.222. The quantitative estimate of drug-likeness (QED) is 0.147. The maximum absolute atomic E-state index is 2.52. The van der Waals surface area contributed by atoms with Crippen molar-refractivity contribution in [2.24, 2.45) is 5.41 Å². The standard InChI is InChI=1S/C61H52N2.C9H14.C2H6/c1-7-19-42-32-33-43(36-53(42)46-23-11-9-21-40(46)3)62(56-31-18-28-47(41(56)4)45-22-10-8-20-39(45)2)44-34-35-52-54(37-44)61(5,6)55-38-59(50-26-12-13-27-51(50)60(52)55)63-57-29-16-14-24-48(57)49-25-15-17-30-58(49)63;1-9(2,3)8-6-4-5-7-8;1-2/h8-18,20-38H,7,19H2,1-6H3;4,6-7H,5H2,1-3H3;1-2H3. The number of anilines is 3. The summed E-state index contributed by atoms with van der Waals surface area (Å²) in [6, 6.07) is 68.2. The number of para-hydroxylation sites is 2. The van der Waals surface area contributed by atoms with Gasteiger partial charge in [0.15, 0.2) is 0 Å². The molecule has 2 nitrogen and oxygen atoms in total. The summed E-state index contributed by atoms with van der Waals surface area (Å²) in [5.74, 6) is 0. The molecule has 0 aliphatic heterocycles. The van der Waals surface area contributed by atoms with Gasteiger partial charge in [0.1, 0.15) is 0 Å². The number of rotatable bonds is 8. The molecule has 0 atom stereocenters. The van der Waals surface area contributed by atoms with Gasteiger partial charge in [-0.2, -0.15) is 0 Å². The summed E-state index contributed by atoms with van der Waals surface area (Å²) in [6.45, 7) is 24.6. The SMILES string of the molecule is CC.CC(C)(C)C1=CCC=C1.CCCc1ccc(N(c2ccc3c(c2)C(C)(C)c2cc(-n4c5ccccc5c5ccccc54)c4ccccc4c2-3)c2cccc(-c3ccccc3C)c2C)cc1-c1ccccc1C. The molecule has 0 saturated heterocycles. The lowest BCUT2D eigenvalue weighted by molar-refractivity contribution is 0.518. The molecule has 370 valence electrons. The average molecular weight is 965 g/mol. The highest BCUT2D eigenvalue weighted by Gasteiger charge is 2.38. The van der Waals surface area contributed by atoms with Gasteiger partial charge in [-0.05, 0) is 165 Å². The molecule has 0 saturated carbocycles. The number of aryl methyl sites for hydroxylation is 3. The van der Waals surface area contributed by atoms with Gasteiger partial charge in [-0.3, -0.25) is 0 Å². The Kier molecular flexibility index (Phi) is 13.7. The molecular weight excluding hydrogens is 893 g/mol. The van der Waals surface area contributed by atoms with E-state index in [1.807, 2.05) is 13.8 Å². The molecule has 0 N–H and O–H groups in total. The second-order valence-electron chi connectivity index (χ2n) is 21.6. The molecule has 12 rings (SSSR count). The first-order valence-corrected chi connectivity index (χ1v) is 27.1. The van der Waals surface area contributed by atoms with E-state index in [0.717, 1.165) is 30.6 Å². The van der Waals surface area contributed by atoms with Crippen molar-refractivity contribution in [1.82, 2.24) is 4.57 Å². The second kappa shape index (κ2) is 20.3. The van der Waals surface area contributed by atoms with Crippen molar-refractivity contribution in [3.05, 3.63) is 239 Å². The molecule has 1 heterocycles. The number of hydrogen-bond donors (Lipinski definition) is 0. The first-order valence-electron chi connectivity index (χ1n) is 27.1. The van der Waals surface area contributed by atoms with E-state index in [1.165, 1.54) is 116 Å². The first kappa shape index (κ1) is 49.9. The Morgan fingerprint density at radius 1 is 0.527 bits per heavy atom. The Morgan fingerprint density at radius 2 is 1.08 bits per heavy atom. The predicted octanol–water partition coefficient (Wildman–Crippen LogP) is 20.9. The summed E-state index contributed by atoms with van der Waals surface area (Å²) in [7, 11) is 0. The van der Waals surface area contributed by atoms with Crippen molar-refractivity contribution in [3.63, 3.8) is 0 Å². The predicted molar refractivity (Wildman–Crippen MR) is 322 cm³/mol. The number of aromatic nitrogens is 1. The third-order valence-electron chi connectivity index (χ3n) is 15.6. The highest BCUT2D eigenvalue weighted by molar-refractivity contribution is 6.13. The van der Waals surface area contributed by atoms with Crippen LogP contribution >= 0.6 is 0 Å². The molecule has 10 aromatic rings. The van der Waals surface area contributed by atoms with Gasteiger partial charge in [-0.25, -0.2) is 0 Å². The van der Waals surface area contributed by atoms with E-state index in [1.54, 1.807) is 0 Å². The summed E-state index contributed by atoms with van der Waals surface area (Å²) in [4.78, 5) is 2.52. The minimum atomic E-state index is -0.279. The van der Waals surface area contributed by atoms with Gasteiger partial charge in [0, 0.05) is 38.6 Å². The Labute approximate surface area is 441 Å². The van der Waals surface area contributed by atoms with Crippen molar-refractivity contribution in [2.45, 2.75) is 101 Å². The normalized spacial score (nSPS) is 13.3. The van der Waals surface area contributed by atoms with Crippen LogP contribution < -0.4 is 4.90 Å². The lowest BCUT2D eigenvalue weighted by Crippen LogP contribution is -2.17. The van der Waals surface area contributed by atoms with Gasteiger partial charge in [0.2, 0.25) is 0 Å². The van der Waals surface area contributed by atoms with Crippen LogP contribution in [-0.2, 0) is 11.8 Å². The third kappa shape index (κ3) is 8.79. The van der Waals surface area contributed by atoms with Gasteiger partial charge in [0.25, 0.3) is 0 Å². The molecule has 0 bridgehead atoms. The van der Waals surface area contributed by atoms with Crippen molar-refractivity contribution in [3.8, 4) is 39.1 Å². The van der Waals surface area contributed by atoms with Gasteiger partial charge < -0.3 is 9.47 Å². The zero-order valence-corrected chi connectivity index (χ0v) is 45.6. The minimum Gasteiger partial charge on any atom is -0.310 e. The summed E-state index contributed by atoms with van der Waals surface area (Å²) in [5.41, 5.74) is 24.4. The monoisotopic (exact) mass is 965 g/mol. The molecule has 0 unspecified atom stereocenters. The molecule has 0 spiro atoms. The van der Waals surface area contributed by atoms with E-state index >= 15 is 0 Å². The smallest absolute Gasteiger partial charge is 0.0544 e. The van der Waals surface area contributed by atoms with Crippen LogP contribution in [0.3, 0.4) is 0 Å². The average Bonchev–Trinajstić information content (AvgIpc) is 4.14. The summed E-state index contributed by atoms with van der Waals surface area (Å²) < 4.78 is 2.50. The maximum Gasteiger partial charge on any atom is 0.0544 e. The van der Waals surface area contributed by atoms with Crippen LogP contribution in [0.4, 0.5) is 17.1 Å². The highest BCUT2D eigenvalue weighted by atomic mass is 15.1. The van der Waals surface area contributed by atoms with Crippen LogP contribution in [0.2, 0.25) is 0 Å². The Balaban J connectivity index is 0.000000512. The second-order valence-corrected chi connectivity index (χ2v) is 21.6. The van der Waals surface area contributed by atoms with Crippen molar-refractivity contribution < 1.29 is 0 Å². The molecule has 9 aromatic carbocycles. The Hall–Kier alpha value is -7.68. The molecule has 2 aliphatic rings. The number of allylic oxidation sites excluding steroid dienone is 4. The fourth-order valence-electron chi connectivity index (χ4n) is 11.8. The van der Waals surface area contributed by atoms with Crippen LogP contribution in [0, 0.1) is 26.2 Å². The van der Waals surface area contributed by atoms with E-state index < -0.39 is 0 Å². The molecule has 2 aliphatic carbocycles. The fourth-order valence-corrected chi connectivity index (χ4v) is 11.8. The van der Waals surface area contributed by atoms with Gasteiger partial charge >= 0.3 is 0 Å². The first-order chi connectivity index (χ1) is 35.8. The van der Waals surface area contributed by atoms with Crippen molar-refractivity contribution >= 4 is 49.6 Å². The Bertz CT molecular complexity index is 3730. The number of fused-ring (bicyclic) bond motifs is 8. The van der Waals surface area contributed by atoms with E-state index in [9.17, 15) is 0 Å². The third-order valence-corrected chi connectivity index (χ3v) is 15.6. The molecule has 0 fully saturated rings. The summed E-state index contributed by atoms with van der Waals surface area (Å²) in [6.07, 6.45) is 9.97. The minimum absolute atomic E-state index is 0.279. The topological polar surface area (TPSA) is 8.17 Å². The van der Waals surface area contributed by atoms with E-state index in [-0.39, 0.29) is 5.41 Å². The lowest BCUT2D eigenvalue weighted by Gasteiger charge is -2.31. The van der Waals surface area contributed by atoms with Gasteiger partial charge in [-0.15, -0.1) is 0 Å². The molecule has 0 amide bonds.